The van der Waals surface area contributed by atoms with Crippen LogP contribution in [0.1, 0.15) is 26.0 Å². The van der Waals surface area contributed by atoms with Crippen LogP contribution in [0, 0.1) is 28.9 Å². The predicted octanol–water partition coefficient (Wildman–Crippen LogP) is 2.83. The molecule has 19 heavy (non-hydrogen) atoms. The van der Waals surface area contributed by atoms with Gasteiger partial charge in [0.05, 0.1) is 4.92 Å². The summed E-state index contributed by atoms with van der Waals surface area (Å²) in [5.74, 6) is 1.45. The zero-order chi connectivity index (χ0) is 14.2. The minimum Gasteiger partial charge on any atom is -0.350 e. The van der Waals surface area contributed by atoms with E-state index in [1.165, 1.54) is 0 Å². The van der Waals surface area contributed by atoms with Crippen molar-refractivity contribution in [1.29, 1.82) is 0 Å². The Hall–Kier alpha value is -1.43. The molecule has 1 aliphatic rings. The molecule has 1 atom stereocenters. The highest BCUT2D eigenvalue weighted by Crippen LogP contribution is 2.34. The summed E-state index contributed by atoms with van der Waals surface area (Å²) in [5, 5.41) is 11.2. The standard InChI is InChI=1S/C12H17ClN4O2/c1-7(2)9-4-5-16(6-9)11-10(17(18)19)8(3)14-12(13)15-11/h7,9H,4-6H2,1-3H3. The average Bonchev–Trinajstić information content (AvgIpc) is 2.76. The molecule has 1 saturated heterocycles. The van der Waals surface area contributed by atoms with Gasteiger partial charge in [0.25, 0.3) is 0 Å². The number of aromatic nitrogens is 2. The van der Waals surface area contributed by atoms with Gasteiger partial charge < -0.3 is 4.90 Å². The highest BCUT2D eigenvalue weighted by Gasteiger charge is 2.32. The van der Waals surface area contributed by atoms with Crippen molar-refractivity contribution >= 4 is 23.1 Å². The zero-order valence-corrected chi connectivity index (χ0v) is 12.0. The second-order valence-electron chi connectivity index (χ2n) is 5.25. The van der Waals surface area contributed by atoms with E-state index in [0.29, 0.717) is 23.3 Å². The summed E-state index contributed by atoms with van der Waals surface area (Å²) in [6, 6.07) is 0. The highest BCUT2D eigenvalue weighted by atomic mass is 35.5. The Morgan fingerprint density at radius 3 is 2.68 bits per heavy atom. The monoisotopic (exact) mass is 284 g/mol. The molecule has 0 N–H and O–H groups in total. The van der Waals surface area contributed by atoms with Crippen LogP contribution in [0.3, 0.4) is 0 Å². The molecule has 1 unspecified atom stereocenters. The van der Waals surface area contributed by atoms with Gasteiger partial charge in [0.15, 0.2) is 0 Å². The molecule has 1 aromatic heterocycles. The second-order valence-corrected chi connectivity index (χ2v) is 5.58. The van der Waals surface area contributed by atoms with E-state index in [0.717, 1.165) is 19.5 Å². The van der Waals surface area contributed by atoms with Gasteiger partial charge in [-0.25, -0.2) is 4.98 Å². The van der Waals surface area contributed by atoms with E-state index in [1.807, 2.05) is 4.90 Å². The number of hydrogen-bond acceptors (Lipinski definition) is 5. The van der Waals surface area contributed by atoms with Crippen LogP contribution in [0.5, 0.6) is 0 Å². The molecule has 0 bridgehead atoms. The summed E-state index contributed by atoms with van der Waals surface area (Å²) in [5.41, 5.74) is 0.279. The summed E-state index contributed by atoms with van der Waals surface area (Å²) >= 11 is 5.83. The van der Waals surface area contributed by atoms with Gasteiger partial charge in [0, 0.05) is 13.1 Å². The molecule has 104 valence electrons. The summed E-state index contributed by atoms with van der Waals surface area (Å²) in [4.78, 5) is 20.6. The van der Waals surface area contributed by atoms with Crippen LogP contribution in [0.2, 0.25) is 5.28 Å². The minimum atomic E-state index is -0.427. The van der Waals surface area contributed by atoms with Gasteiger partial charge in [-0.05, 0) is 36.8 Å². The van der Waals surface area contributed by atoms with E-state index in [4.69, 9.17) is 11.6 Å². The lowest BCUT2D eigenvalue weighted by Gasteiger charge is -2.19. The molecule has 1 fully saturated rings. The van der Waals surface area contributed by atoms with Crippen molar-refractivity contribution in [3.05, 3.63) is 21.1 Å². The maximum absolute atomic E-state index is 11.2. The molecule has 0 amide bonds. The van der Waals surface area contributed by atoms with Crippen LogP contribution < -0.4 is 4.90 Å². The van der Waals surface area contributed by atoms with E-state index in [-0.39, 0.29) is 11.0 Å². The number of nitrogens with zero attached hydrogens (tertiary/aromatic N) is 4. The molecule has 0 spiro atoms. The first kappa shape index (κ1) is 14.0. The van der Waals surface area contributed by atoms with Crippen molar-refractivity contribution in [2.45, 2.75) is 27.2 Å². The van der Waals surface area contributed by atoms with Gasteiger partial charge in [-0.3, -0.25) is 10.1 Å². The largest absolute Gasteiger partial charge is 0.350 e. The molecule has 6 nitrogen and oxygen atoms in total. The fraction of sp³-hybridized carbons (Fsp3) is 0.667. The van der Waals surface area contributed by atoms with Crippen LogP contribution in [0.25, 0.3) is 0 Å². The minimum absolute atomic E-state index is 0.0335. The summed E-state index contributed by atoms with van der Waals surface area (Å²) in [6.45, 7) is 7.48. The molecule has 0 aromatic carbocycles. The molecular weight excluding hydrogens is 268 g/mol. The van der Waals surface area contributed by atoms with Crippen molar-refractivity contribution in [2.75, 3.05) is 18.0 Å². The number of nitro groups is 1. The van der Waals surface area contributed by atoms with E-state index in [2.05, 4.69) is 23.8 Å². The SMILES string of the molecule is Cc1nc(Cl)nc(N2CCC(C(C)C)C2)c1[N+](=O)[O-]. The van der Waals surface area contributed by atoms with Gasteiger partial charge in [-0.2, -0.15) is 4.98 Å². The van der Waals surface area contributed by atoms with E-state index < -0.39 is 4.92 Å². The maximum atomic E-state index is 11.2. The summed E-state index contributed by atoms with van der Waals surface area (Å²) in [6.07, 6.45) is 1.02. The Kier molecular flexibility index (Phi) is 3.89. The molecule has 1 aromatic rings. The molecule has 2 heterocycles. The van der Waals surface area contributed by atoms with Crippen molar-refractivity contribution < 1.29 is 4.92 Å². The summed E-state index contributed by atoms with van der Waals surface area (Å²) < 4.78 is 0. The first-order valence-corrected chi connectivity index (χ1v) is 6.71. The van der Waals surface area contributed by atoms with Gasteiger partial charge >= 0.3 is 5.69 Å². The fourth-order valence-corrected chi connectivity index (χ4v) is 2.68. The lowest BCUT2D eigenvalue weighted by atomic mass is 9.95. The fourth-order valence-electron chi connectivity index (χ4n) is 2.48. The first-order valence-electron chi connectivity index (χ1n) is 6.33. The Bertz CT molecular complexity index is 507. The quantitative estimate of drug-likeness (QED) is 0.485. The third kappa shape index (κ3) is 2.78. The molecule has 7 heteroatoms. The first-order chi connectivity index (χ1) is 8.90. The number of hydrogen-bond donors (Lipinski definition) is 0. The third-order valence-electron chi connectivity index (χ3n) is 3.66. The summed E-state index contributed by atoms with van der Waals surface area (Å²) in [7, 11) is 0. The predicted molar refractivity (Wildman–Crippen MR) is 73.6 cm³/mol. The molecule has 2 rings (SSSR count). The molecule has 0 saturated carbocycles. The van der Waals surface area contributed by atoms with E-state index in [1.54, 1.807) is 6.92 Å². The van der Waals surface area contributed by atoms with Gasteiger partial charge in [0.1, 0.15) is 5.69 Å². The average molecular weight is 285 g/mol. The van der Waals surface area contributed by atoms with Crippen molar-refractivity contribution in [3.63, 3.8) is 0 Å². The van der Waals surface area contributed by atoms with Crippen molar-refractivity contribution in [3.8, 4) is 0 Å². The van der Waals surface area contributed by atoms with E-state index in [9.17, 15) is 10.1 Å². The highest BCUT2D eigenvalue weighted by molar-refractivity contribution is 6.28. The Morgan fingerprint density at radius 2 is 2.16 bits per heavy atom. The molecule has 0 radical (unpaired) electrons. The van der Waals surface area contributed by atoms with Gasteiger partial charge in [0.2, 0.25) is 11.1 Å². The molecular formula is C12H17ClN4O2. The van der Waals surface area contributed by atoms with E-state index >= 15 is 0 Å². The number of rotatable bonds is 3. The Labute approximate surface area is 117 Å². The molecule has 1 aliphatic heterocycles. The van der Waals surface area contributed by atoms with Crippen LogP contribution in [-0.4, -0.2) is 28.0 Å². The maximum Gasteiger partial charge on any atom is 0.332 e. The van der Waals surface area contributed by atoms with Crippen LogP contribution in [0.4, 0.5) is 11.5 Å². The topological polar surface area (TPSA) is 72.2 Å². The zero-order valence-electron chi connectivity index (χ0n) is 11.3. The lowest BCUT2D eigenvalue weighted by molar-refractivity contribution is -0.385. The Balaban J connectivity index is 2.37. The number of anilines is 1. The van der Waals surface area contributed by atoms with Crippen molar-refractivity contribution in [1.82, 2.24) is 9.97 Å². The van der Waals surface area contributed by atoms with Crippen LogP contribution in [0.15, 0.2) is 0 Å². The van der Waals surface area contributed by atoms with Gasteiger partial charge in [-0.1, -0.05) is 13.8 Å². The van der Waals surface area contributed by atoms with Crippen LogP contribution in [-0.2, 0) is 0 Å². The number of halogens is 1. The van der Waals surface area contributed by atoms with Gasteiger partial charge in [-0.15, -0.1) is 0 Å². The van der Waals surface area contributed by atoms with Crippen LogP contribution >= 0.6 is 11.6 Å². The normalized spacial score (nSPS) is 19.2. The molecule has 0 aliphatic carbocycles. The van der Waals surface area contributed by atoms with Crippen molar-refractivity contribution in [2.24, 2.45) is 11.8 Å². The number of aryl methyl sites for hydroxylation is 1. The smallest absolute Gasteiger partial charge is 0.332 e. The lowest BCUT2D eigenvalue weighted by Crippen LogP contribution is -2.24. The Morgan fingerprint density at radius 1 is 1.47 bits per heavy atom. The second kappa shape index (κ2) is 5.28. The third-order valence-corrected chi connectivity index (χ3v) is 3.83.